The maximum atomic E-state index is 11.6. The lowest BCUT2D eigenvalue weighted by molar-refractivity contribution is 0.297. The van der Waals surface area contributed by atoms with Gasteiger partial charge in [0.2, 0.25) is 0 Å². The fourth-order valence-electron chi connectivity index (χ4n) is 0.358. The molecule has 0 aliphatic heterocycles. The summed E-state index contributed by atoms with van der Waals surface area (Å²) < 4.78 is 11.6. The minimum atomic E-state index is -0.260. The van der Waals surface area contributed by atoms with Crippen molar-refractivity contribution in [2.75, 3.05) is 13.2 Å². The van der Waals surface area contributed by atoms with Crippen LogP contribution >= 0.6 is 12.4 Å². The number of hydrogen-bond acceptors (Lipinski definition) is 1. The zero-order chi connectivity index (χ0) is 6.62. The van der Waals surface area contributed by atoms with Gasteiger partial charge >= 0.3 is 0 Å². The highest BCUT2D eigenvalue weighted by Gasteiger charge is 2.13. The van der Waals surface area contributed by atoms with E-state index in [0.29, 0.717) is 13.0 Å². The van der Waals surface area contributed by atoms with Gasteiger partial charge in [-0.3, -0.25) is 4.39 Å². The Balaban J connectivity index is 0. The number of rotatable bonds is 3. The van der Waals surface area contributed by atoms with E-state index >= 15 is 0 Å². The topological polar surface area (TPSA) is 26.0 Å². The molecule has 0 aliphatic rings. The van der Waals surface area contributed by atoms with Gasteiger partial charge in [0.25, 0.3) is 0 Å². The van der Waals surface area contributed by atoms with Gasteiger partial charge in [-0.1, -0.05) is 13.8 Å². The molecule has 0 aromatic rings. The molecule has 0 saturated heterocycles. The predicted octanol–water partition coefficient (Wildman–Crippen LogP) is 1.75. The van der Waals surface area contributed by atoms with Gasteiger partial charge in [-0.25, -0.2) is 0 Å². The summed E-state index contributed by atoms with van der Waals surface area (Å²) in [5.41, 5.74) is 5.32. The van der Waals surface area contributed by atoms with Crippen LogP contribution in [-0.4, -0.2) is 13.2 Å². The van der Waals surface area contributed by atoms with E-state index in [-0.39, 0.29) is 24.5 Å². The van der Waals surface area contributed by atoms with Crippen LogP contribution in [0.1, 0.15) is 20.3 Å². The van der Waals surface area contributed by atoms with Crippen LogP contribution < -0.4 is 5.73 Å². The minimum Gasteiger partial charge on any atom is -0.330 e. The Bertz CT molecular complexity index is 66.1. The van der Waals surface area contributed by atoms with Crippen molar-refractivity contribution < 1.29 is 4.39 Å². The maximum Gasteiger partial charge on any atom is 0.0900 e. The number of halogens is 2. The quantitative estimate of drug-likeness (QED) is 0.661. The average Bonchev–Trinajstić information content (AvgIpc) is 1.67. The van der Waals surface area contributed by atoms with E-state index in [4.69, 9.17) is 5.73 Å². The van der Waals surface area contributed by atoms with E-state index in [2.05, 4.69) is 0 Å². The molecule has 0 aromatic heterocycles. The number of alkyl halides is 1. The Kier molecular flexibility index (Phi) is 6.62. The molecule has 0 aromatic carbocycles. The van der Waals surface area contributed by atoms with Crippen molar-refractivity contribution in [2.45, 2.75) is 20.3 Å². The van der Waals surface area contributed by atoms with Crippen molar-refractivity contribution in [1.29, 1.82) is 0 Å². The van der Waals surface area contributed by atoms with E-state index in [1.807, 2.05) is 13.8 Å². The van der Waals surface area contributed by atoms with Crippen LogP contribution in [0.3, 0.4) is 0 Å². The van der Waals surface area contributed by atoms with E-state index in [0.717, 1.165) is 0 Å². The van der Waals surface area contributed by atoms with Gasteiger partial charge < -0.3 is 5.73 Å². The lowest BCUT2D eigenvalue weighted by Gasteiger charge is -2.19. The first-order chi connectivity index (χ1) is 3.62. The molecule has 0 fully saturated rings. The summed E-state index contributed by atoms with van der Waals surface area (Å²) in [6.45, 7) is 4.24. The molecule has 0 bridgehead atoms. The van der Waals surface area contributed by atoms with Crippen LogP contribution in [-0.2, 0) is 0 Å². The second-order valence-corrected chi connectivity index (χ2v) is 2.81. The summed E-state index contributed by atoms with van der Waals surface area (Å²) in [4.78, 5) is 0. The molecule has 0 unspecified atom stereocenters. The predicted molar refractivity (Wildman–Crippen MR) is 40.7 cm³/mol. The number of hydrogen-bond donors (Lipinski definition) is 1. The molecule has 0 saturated carbocycles. The lowest BCUT2D eigenvalue weighted by atomic mass is 9.90. The molecule has 9 heavy (non-hydrogen) atoms. The molecule has 0 amide bonds. The summed E-state index contributed by atoms with van der Waals surface area (Å²) in [5, 5.41) is 0. The van der Waals surface area contributed by atoms with Crippen molar-refractivity contribution in [2.24, 2.45) is 11.1 Å². The first kappa shape index (κ1) is 11.9. The highest BCUT2D eigenvalue weighted by atomic mass is 35.5. The Morgan fingerprint density at radius 1 is 1.44 bits per heavy atom. The van der Waals surface area contributed by atoms with Crippen molar-refractivity contribution in [3.63, 3.8) is 0 Å². The molecule has 0 heterocycles. The zero-order valence-electron chi connectivity index (χ0n) is 5.98. The van der Waals surface area contributed by atoms with Gasteiger partial charge in [-0.05, 0) is 18.4 Å². The summed E-state index contributed by atoms with van der Waals surface area (Å²) in [5.74, 6) is 0. The minimum absolute atomic E-state index is 0. The molecule has 0 spiro atoms. The van der Waals surface area contributed by atoms with Crippen LogP contribution in [0.4, 0.5) is 4.39 Å². The van der Waals surface area contributed by atoms with Crippen LogP contribution in [0, 0.1) is 5.41 Å². The highest BCUT2D eigenvalue weighted by Crippen LogP contribution is 2.17. The third-order valence-electron chi connectivity index (χ3n) is 1.32. The van der Waals surface area contributed by atoms with E-state index in [1.165, 1.54) is 0 Å². The average molecular weight is 156 g/mol. The fraction of sp³-hybridized carbons (Fsp3) is 1.00. The highest BCUT2D eigenvalue weighted by molar-refractivity contribution is 5.85. The monoisotopic (exact) mass is 155 g/mol. The number of nitrogens with two attached hydrogens (primary N) is 1. The van der Waals surface area contributed by atoms with Gasteiger partial charge in [0, 0.05) is 0 Å². The lowest BCUT2D eigenvalue weighted by Crippen LogP contribution is -2.23. The van der Waals surface area contributed by atoms with Crippen LogP contribution in [0.2, 0.25) is 0 Å². The summed E-state index contributed by atoms with van der Waals surface area (Å²) in [6, 6.07) is 0. The Labute approximate surface area is 62.2 Å². The summed E-state index contributed by atoms with van der Waals surface area (Å²) in [6.07, 6.45) is 0.573. The normalized spacial score (nSPS) is 10.7. The molecule has 0 radical (unpaired) electrons. The SMILES string of the molecule is CC(C)(CN)CCF.Cl. The first-order valence-corrected chi connectivity index (χ1v) is 2.88. The summed E-state index contributed by atoms with van der Waals surface area (Å²) in [7, 11) is 0. The Morgan fingerprint density at radius 2 is 1.89 bits per heavy atom. The smallest absolute Gasteiger partial charge is 0.0900 e. The van der Waals surface area contributed by atoms with E-state index in [1.54, 1.807) is 0 Å². The molecule has 3 heteroatoms. The van der Waals surface area contributed by atoms with Gasteiger partial charge in [-0.15, -0.1) is 12.4 Å². The van der Waals surface area contributed by atoms with Gasteiger partial charge in [0.15, 0.2) is 0 Å². The maximum absolute atomic E-state index is 11.6. The van der Waals surface area contributed by atoms with Crippen LogP contribution in [0.25, 0.3) is 0 Å². The van der Waals surface area contributed by atoms with Crippen molar-refractivity contribution >= 4 is 12.4 Å². The molecular weight excluding hydrogens is 141 g/mol. The molecule has 1 nitrogen and oxygen atoms in total. The van der Waals surface area contributed by atoms with Gasteiger partial charge in [-0.2, -0.15) is 0 Å². The third-order valence-corrected chi connectivity index (χ3v) is 1.32. The largest absolute Gasteiger partial charge is 0.330 e. The third kappa shape index (κ3) is 6.06. The molecule has 0 aliphatic carbocycles. The van der Waals surface area contributed by atoms with Crippen molar-refractivity contribution in [1.82, 2.24) is 0 Å². The molecule has 0 rings (SSSR count). The van der Waals surface area contributed by atoms with E-state index in [9.17, 15) is 4.39 Å². The second-order valence-electron chi connectivity index (χ2n) is 2.81. The van der Waals surface area contributed by atoms with Crippen molar-refractivity contribution in [3.05, 3.63) is 0 Å². The Morgan fingerprint density at radius 3 is 2.00 bits per heavy atom. The fourth-order valence-corrected chi connectivity index (χ4v) is 0.358. The van der Waals surface area contributed by atoms with Crippen molar-refractivity contribution in [3.8, 4) is 0 Å². The molecule has 58 valence electrons. The van der Waals surface area contributed by atoms with Crippen LogP contribution in [0.5, 0.6) is 0 Å². The Hall–Kier alpha value is 0.180. The second kappa shape index (κ2) is 5.00. The zero-order valence-corrected chi connectivity index (χ0v) is 6.80. The standard InChI is InChI=1S/C6H14FN.ClH/c1-6(2,5-8)3-4-7;/h3-5,8H2,1-2H3;1H. The molecule has 2 N–H and O–H groups in total. The summed E-state index contributed by atoms with van der Waals surface area (Å²) >= 11 is 0. The molecule has 0 atom stereocenters. The first-order valence-electron chi connectivity index (χ1n) is 2.88. The molecular formula is C6H15ClFN. The van der Waals surface area contributed by atoms with E-state index < -0.39 is 0 Å². The van der Waals surface area contributed by atoms with Crippen LogP contribution in [0.15, 0.2) is 0 Å². The van der Waals surface area contributed by atoms with Gasteiger partial charge in [0.1, 0.15) is 0 Å². The van der Waals surface area contributed by atoms with Gasteiger partial charge in [0.05, 0.1) is 6.67 Å².